The molecule has 84 valence electrons. The number of rotatable bonds is 1. The Hall–Kier alpha value is -1.31. The maximum atomic E-state index is 12.9. The molecule has 0 spiro atoms. The second kappa shape index (κ2) is 3.37. The van der Waals surface area contributed by atoms with Crippen molar-refractivity contribution in [3.05, 3.63) is 24.0 Å². The van der Waals surface area contributed by atoms with Crippen LogP contribution in [0, 0.1) is 5.82 Å². The number of nitrogens with two attached hydrogens (primary N) is 1. The number of nitrogen functional groups attached to an aromatic ring is 1. The van der Waals surface area contributed by atoms with Crippen molar-refractivity contribution >= 4 is 15.5 Å². The van der Waals surface area contributed by atoms with Crippen molar-refractivity contribution in [2.45, 2.75) is 10.4 Å². The molecule has 1 aromatic carbocycles. The number of alkyl halides is 3. The first-order valence-corrected chi connectivity index (χ1v) is 5.01. The lowest BCUT2D eigenvalue weighted by atomic mass is 10.3. The summed E-state index contributed by atoms with van der Waals surface area (Å²) in [5.41, 5.74) is -0.619. The van der Waals surface area contributed by atoms with Gasteiger partial charge >= 0.3 is 5.51 Å². The fraction of sp³-hybridized carbons (Fsp3) is 0.143. The van der Waals surface area contributed by atoms with E-state index in [9.17, 15) is 26.0 Å². The smallest absolute Gasteiger partial charge is 0.399 e. The third kappa shape index (κ3) is 2.04. The van der Waals surface area contributed by atoms with E-state index in [-0.39, 0.29) is 5.69 Å². The van der Waals surface area contributed by atoms with Gasteiger partial charge in [0.25, 0.3) is 9.84 Å². The van der Waals surface area contributed by atoms with Gasteiger partial charge in [0, 0.05) is 5.69 Å². The van der Waals surface area contributed by atoms with E-state index in [0.717, 1.165) is 6.07 Å². The molecule has 0 bridgehead atoms. The molecular weight excluding hydrogens is 238 g/mol. The van der Waals surface area contributed by atoms with Crippen LogP contribution in [0.3, 0.4) is 0 Å². The van der Waals surface area contributed by atoms with Crippen LogP contribution >= 0.6 is 0 Å². The molecule has 1 rings (SSSR count). The average Bonchev–Trinajstić information content (AvgIpc) is 2.00. The summed E-state index contributed by atoms with van der Waals surface area (Å²) < 4.78 is 70.5. The highest BCUT2D eigenvalue weighted by molar-refractivity contribution is 7.92. The lowest BCUT2D eigenvalue weighted by Crippen LogP contribution is -2.24. The molecule has 0 fully saturated rings. The maximum absolute atomic E-state index is 12.9. The van der Waals surface area contributed by atoms with Crippen molar-refractivity contribution in [2.24, 2.45) is 0 Å². The van der Waals surface area contributed by atoms with Crippen LogP contribution in [0.2, 0.25) is 0 Å². The first-order valence-electron chi connectivity index (χ1n) is 3.52. The molecule has 0 saturated heterocycles. The fourth-order valence-electron chi connectivity index (χ4n) is 0.860. The molecule has 0 aliphatic heterocycles. The Balaban J connectivity index is 3.42. The van der Waals surface area contributed by atoms with Gasteiger partial charge in [-0.3, -0.25) is 0 Å². The molecule has 0 radical (unpaired) electrons. The van der Waals surface area contributed by atoms with E-state index in [1.54, 1.807) is 0 Å². The molecule has 3 nitrogen and oxygen atoms in total. The monoisotopic (exact) mass is 243 g/mol. The maximum Gasteiger partial charge on any atom is 0.502 e. The van der Waals surface area contributed by atoms with Crippen LogP contribution in [0.5, 0.6) is 0 Å². The third-order valence-electron chi connectivity index (χ3n) is 1.55. The van der Waals surface area contributed by atoms with Crippen LogP contribution in [0.15, 0.2) is 23.1 Å². The summed E-state index contributed by atoms with van der Waals surface area (Å²) in [6.07, 6.45) is 0. The largest absolute Gasteiger partial charge is 0.502 e. The number of halogens is 4. The van der Waals surface area contributed by atoms with Gasteiger partial charge in [0.1, 0.15) is 10.7 Å². The third-order valence-corrected chi connectivity index (χ3v) is 3.07. The molecule has 0 amide bonds. The van der Waals surface area contributed by atoms with Gasteiger partial charge in [0.15, 0.2) is 0 Å². The SMILES string of the molecule is Nc1ccc(S(=O)(=O)C(F)(F)F)c(F)c1. The lowest BCUT2D eigenvalue weighted by molar-refractivity contribution is -0.0437. The average molecular weight is 243 g/mol. The molecule has 0 heterocycles. The quantitative estimate of drug-likeness (QED) is 0.603. The predicted octanol–water partition coefficient (Wildman–Crippen LogP) is 1.70. The summed E-state index contributed by atoms with van der Waals surface area (Å²) in [5.74, 6) is -1.52. The van der Waals surface area contributed by atoms with Gasteiger partial charge in [0.05, 0.1) is 0 Å². The standard InChI is InChI=1S/C7H5F4NO2S/c8-5-3-4(12)1-2-6(5)15(13,14)7(9,10)11/h1-3H,12H2. The van der Waals surface area contributed by atoms with Gasteiger partial charge in [-0.2, -0.15) is 13.2 Å². The summed E-state index contributed by atoms with van der Waals surface area (Å²) >= 11 is 0. The summed E-state index contributed by atoms with van der Waals surface area (Å²) in [4.78, 5) is -1.43. The molecule has 2 N–H and O–H groups in total. The number of anilines is 1. The Morgan fingerprint density at radius 1 is 1.20 bits per heavy atom. The van der Waals surface area contributed by atoms with Gasteiger partial charge in [-0.05, 0) is 18.2 Å². The molecule has 0 aliphatic carbocycles. The molecule has 15 heavy (non-hydrogen) atoms. The second-order valence-corrected chi connectivity index (χ2v) is 4.55. The van der Waals surface area contributed by atoms with E-state index in [4.69, 9.17) is 5.73 Å². The number of sulfone groups is 1. The number of hydrogen-bond acceptors (Lipinski definition) is 3. The topological polar surface area (TPSA) is 60.2 Å². The van der Waals surface area contributed by atoms with Crippen LogP contribution in [-0.4, -0.2) is 13.9 Å². The summed E-state index contributed by atoms with van der Waals surface area (Å²) in [6, 6.07) is 1.87. The Bertz CT molecular complexity index is 480. The Morgan fingerprint density at radius 2 is 1.73 bits per heavy atom. The Labute approximate surface area is 82.4 Å². The van der Waals surface area contributed by atoms with Crippen LogP contribution in [0.25, 0.3) is 0 Å². The van der Waals surface area contributed by atoms with Gasteiger partial charge < -0.3 is 5.73 Å². The van der Waals surface area contributed by atoms with E-state index in [2.05, 4.69) is 0 Å². The number of hydrogen-bond donors (Lipinski definition) is 1. The molecule has 1 aromatic rings. The van der Waals surface area contributed by atoms with Crippen molar-refractivity contribution in [2.75, 3.05) is 5.73 Å². The zero-order chi connectivity index (χ0) is 11.9. The van der Waals surface area contributed by atoms with Crippen molar-refractivity contribution in [1.29, 1.82) is 0 Å². The van der Waals surface area contributed by atoms with Crippen LogP contribution in [-0.2, 0) is 9.84 Å². The molecule has 0 unspecified atom stereocenters. The lowest BCUT2D eigenvalue weighted by Gasteiger charge is -2.08. The van der Waals surface area contributed by atoms with Crippen molar-refractivity contribution in [1.82, 2.24) is 0 Å². The first-order chi connectivity index (χ1) is 6.66. The predicted molar refractivity (Wildman–Crippen MR) is 44.1 cm³/mol. The van der Waals surface area contributed by atoms with E-state index in [1.165, 1.54) is 0 Å². The van der Waals surface area contributed by atoms with Gasteiger partial charge in [0.2, 0.25) is 0 Å². The van der Waals surface area contributed by atoms with E-state index in [0.29, 0.717) is 12.1 Å². The molecule has 8 heteroatoms. The van der Waals surface area contributed by atoms with Gasteiger partial charge in [-0.1, -0.05) is 0 Å². The van der Waals surface area contributed by atoms with Crippen molar-refractivity contribution in [3.8, 4) is 0 Å². The summed E-state index contributed by atoms with van der Waals surface area (Å²) in [5, 5.41) is 0. The van der Waals surface area contributed by atoms with Crippen molar-refractivity contribution < 1.29 is 26.0 Å². The first kappa shape index (κ1) is 11.8. The van der Waals surface area contributed by atoms with Crippen molar-refractivity contribution in [3.63, 3.8) is 0 Å². The zero-order valence-corrected chi connectivity index (χ0v) is 7.86. The normalized spacial score (nSPS) is 12.8. The van der Waals surface area contributed by atoms with E-state index >= 15 is 0 Å². The second-order valence-electron chi connectivity index (χ2n) is 2.64. The summed E-state index contributed by atoms with van der Waals surface area (Å²) in [6.45, 7) is 0. The minimum absolute atomic E-state index is 0.159. The molecule has 0 aromatic heterocycles. The molecule has 0 atom stereocenters. The minimum Gasteiger partial charge on any atom is -0.399 e. The Morgan fingerprint density at radius 3 is 2.13 bits per heavy atom. The van der Waals surface area contributed by atoms with Crippen LogP contribution in [0.1, 0.15) is 0 Å². The van der Waals surface area contributed by atoms with Crippen LogP contribution in [0.4, 0.5) is 23.2 Å². The highest BCUT2D eigenvalue weighted by Gasteiger charge is 2.48. The molecular formula is C7H5F4NO2S. The van der Waals surface area contributed by atoms with Crippen LogP contribution < -0.4 is 5.73 Å². The highest BCUT2D eigenvalue weighted by Crippen LogP contribution is 2.32. The molecule has 0 aliphatic rings. The number of benzene rings is 1. The fourth-order valence-corrected chi connectivity index (χ4v) is 1.67. The molecule has 0 saturated carbocycles. The van der Waals surface area contributed by atoms with Gasteiger partial charge in [-0.15, -0.1) is 0 Å². The van der Waals surface area contributed by atoms with E-state index in [1.807, 2.05) is 0 Å². The van der Waals surface area contributed by atoms with E-state index < -0.39 is 26.1 Å². The zero-order valence-electron chi connectivity index (χ0n) is 7.05. The minimum atomic E-state index is -5.65. The van der Waals surface area contributed by atoms with Gasteiger partial charge in [-0.25, -0.2) is 12.8 Å². The highest BCUT2D eigenvalue weighted by atomic mass is 32.2. The Kier molecular flexibility index (Phi) is 2.64. The summed E-state index contributed by atoms with van der Waals surface area (Å²) in [7, 11) is -5.65.